The number of rotatable bonds is 2. The first-order valence-corrected chi connectivity index (χ1v) is 5.86. The number of hydrogen-bond donors (Lipinski definition) is 1. The lowest BCUT2D eigenvalue weighted by Crippen LogP contribution is -2.00. The van der Waals surface area contributed by atoms with Crippen LogP contribution in [-0.2, 0) is 0 Å². The lowest BCUT2D eigenvalue weighted by Gasteiger charge is -2.05. The molecule has 0 atom stereocenters. The monoisotopic (exact) mass is 273 g/mol. The van der Waals surface area contributed by atoms with Gasteiger partial charge in [-0.2, -0.15) is 5.10 Å². The van der Waals surface area contributed by atoms with Gasteiger partial charge in [-0.1, -0.05) is 23.7 Å². The number of carboxylic acid groups (broad SMARTS) is 1. The van der Waals surface area contributed by atoms with Gasteiger partial charge in [0.2, 0.25) is 0 Å². The summed E-state index contributed by atoms with van der Waals surface area (Å²) in [6.07, 6.45) is 4.38. The number of para-hydroxylation sites is 1. The fraction of sp³-hybridized carbons (Fsp3) is 0. The lowest BCUT2D eigenvalue weighted by atomic mass is 10.2. The quantitative estimate of drug-likeness (QED) is 0.779. The standard InChI is InChI=1S/C13H8ClN3O2/c14-10-3-1-2-4-11(10)17-12-7-15-5-9(13(18)19)8(12)6-16-17/h1-7H,(H,18,19). The zero-order valence-corrected chi connectivity index (χ0v) is 10.4. The first kappa shape index (κ1) is 11.7. The van der Waals surface area contributed by atoms with Gasteiger partial charge in [0, 0.05) is 11.6 Å². The molecule has 94 valence electrons. The first-order valence-electron chi connectivity index (χ1n) is 5.48. The highest BCUT2D eigenvalue weighted by atomic mass is 35.5. The van der Waals surface area contributed by atoms with Crippen LogP contribution in [0.25, 0.3) is 16.6 Å². The van der Waals surface area contributed by atoms with E-state index in [2.05, 4.69) is 10.1 Å². The van der Waals surface area contributed by atoms with E-state index in [-0.39, 0.29) is 5.56 Å². The molecule has 0 unspecified atom stereocenters. The minimum Gasteiger partial charge on any atom is -0.478 e. The van der Waals surface area contributed by atoms with Gasteiger partial charge in [-0.05, 0) is 12.1 Å². The molecule has 0 aliphatic rings. The van der Waals surface area contributed by atoms with Crippen molar-refractivity contribution in [1.82, 2.24) is 14.8 Å². The van der Waals surface area contributed by atoms with Gasteiger partial charge >= 0.3 is 5.97 Å². The summed E-state index contributed by atoms with van der Waals surface area (Å²) in [7, 11) is 0. The Morgan fingerprint density at radius 2 is 2.00 bits per heavy atom. The molecule has 0 bridgehead atoms. The molecule has 2 heterocycles. The molecule has 0 saturated carbocycles. The maximum atomic E-state index is 11.1. The van der Waals surface area contributed by atoms with Gasteiger partial charge < -0.3 is 5.11 Å². The first-order chi connectivity index (χ1) is 9.18. The number of aromatic carboxylic acids is 1. The van der Waals surface area contributed by atoms with Crippen molar-refractivity contribution in [2.45, 2.75) is 0 Å². The number of fused-ring (bicyclic) bond motifs is 1. The fourth-order valence-corrected chi connectivity index (χ4v) is 2.14. The minimum absolute atomic E-state index is 0.121. The lowest BCUT2D eigenvalue weighted by molar-refractivity contribution is 0.0698. The van der Waals surface area contributed by atoms with Crippen molar-refractivity contribution in [3.05, 3.63) is 53.4 Å². The average molecular weight is 274 g/mol. The van der Waals surface area contributed by atoms with Crippen LogP contribution in [0.4, 0.5) is 0 Å². The number of halogens is 1. The van der Waals surface area contributed by atoms with Crippen LogP contribution in [-0.4, -0.2) is 25.8 Å². The number of benzene rings is 1. The Bertz CT molecular complexity index is 782. The second-order valence-corrected chi connectivity index (χ2v) is 4.34. The molecule has 0 saturated heterocycles. The summed E-state index contributed by atoms with van der Waals surface area (Å²) in [5.41, 5.74) is 1.41. The third-order valence-electron chi connectivity index (χ3n) is 2.81. The molecule has 0 aliphatic heterocycles. The van der Waals surface area contributed by atoms with Gasteiger partial charge in [0.05, 0.1) is 34.2 Å². The summed E-state index contributed by atoms with van der Waals surface area (Å²) >= 11 is 6.12. The second-order valence-electron chi connectivity index (χ2n) is 3.93. The van der Waals surface area contributed by atoms with Gasteiger partial charge in [0.15, 0.2) is 0 Å². The summed E-state index contributed by atoms with van der Waals surface area (Å²) in [6, 6.07) is 7.21. The zero-order valence-electron chi connectivity index (χ0n) is 9.62. The molecule has 3 aromatic rings. The Balaban J connectivity index is 2.31. The Labute approximate surface area is 113 Å². The van der Waals surface area contributed by atoms with Gasteiger partial charge in [-0.3, -0.25) is 4.98 Å². The van der Waals surface area contributed by atoms with Crippen LogP contribution in [0.5, 0.6) is 0 Å². The van der Waals surface area contributed by atoms with E-state index in [4.69, 9.17) is 16.7 Å². The molecule has 0 aliphatic carbocycles. The SMILES string of the molecule is O=C(O)c1cncc2c1cnn2-c1ccccc1Cl. The van der Waals surface area contributed by atoms with Crippen molar-refractivity contribution in [3.63, 3.8) is 0 Å². The molecule has 1 aromatic carbocycles. The summed E-state index contributed by atoms with van der Waals surface area (Å²) < 4.78 is 1.58. The number of nitrogens with zero attached hydrogens (tertiary/aromatic N) is 3. The van der Waals surface area contributed by atoms with E-state index in [1.54, 1.807) is 16.9 Å². The topological polar surface area (TPSA) is 68.0 Å². The second kappa shape index (κ2) is 4.37. The Kier molecular flexibility index (Phi) is 2.68. The number of aromatic nitrogens is 3. The highest BCUT2D eigenvalue weighted by Crippen LogP contribution is 2.25. The van der Waals surface area contributed by atoms with E-state index in [9.17, 15) is 4.79 Å². The molecule has 3 rings (SSSR count). The number of carbonyl (C=O) groups is 1. The third-order valence-corrected chi connectivity index (χ3v) is 3.13. The predicted octanol–water partition coefficient (Wildman–Crippen LogP) is 2.77. The maximum absolute atomic E-state index is 11.1. The van der Waals surface area contributed by atoms with Crippen LogP contribution in [0.3, 0.4) is 0 Å². The van der Waals surface area contributed by atoms with Gasteiger partial charge in [0.1, 0.15) is 0 Å². The van der Waals surface area contributed by atoms with Crippen molar-refractivity contribution >= 4 is 28.5 Å². The molecule has 0 radical (unpaired) electrons. The van der Waals surface area contributed by atoms with E-state index < -0.39 is 5.97 Å². The highest BCUT2D eigenvalue weighted by molar-refractivity contribution is 6.32. The zero-order chi connectivity index (χ0) is 13.4. The maximum Gasteiger partial charge on any atom is 0.338 e. The van der Waals surface area contributed by atoms with Crippen molar-refractivity contribution in [1.29, 1.82) is 0 Å². The average Bonchev–Trinajstić information content (AvgIpc) is 2.82. The van der Waals surface area contributed by atoms with Crippen LogP contribution in [0, 0.1) is 0 Å². The number of hydrogen-bond acceptors (Lipinski definition) is 3. The molecular formula is C13H8ClN3O2. The van der Waals surface area contributed by atoms with Crippen molar-refractivity contribution < 1.29 is 9.90 Å². The van der Waals surface area contributed by atoms with Crippen LogP contribution < -0.4 is 0 Å². The normalized spacial score (nSPS) is 10.8. The smallest absolute Gasteiger partial charge is 0.338 e. The highest BCUT2D eigenvalue weighted by Gasteiger charge is 2.14. The molecule has 0 fully saturated rings. The van der Waals surface area contributed by atoms with Crippen LogP contribution in [0.15, 0.2) is 42.9 Å². The Morgan fingerprint density at radius 3 is 2.74 bits per heavy atom. The van der Waals surface area contributed by atoms with Crippen LogP contribution in [0.1, 0.15) is 10.4 Å². The molecule has 0 spiro atoms. The molecule has 19 heavy (non-hydrogen) atoms. The van der Waals surface area contributed by atoms with Crippen LogP contribution >= 0.6 is 11.6 Å². The minimum atomic E-state index is -1.03. The van der Waals surface area contributed by atoms with E-state index in [1.165, 1.54) is 12.4 Å². The molecule has 5 nitrogen and oxygen atoms in total. The number of carboxylic acids is 1. The molecule has 6 heteroatoms. The van der Waals surface area contributed by atoms with Gasteiger partial charge in [-0.15, -0.1) is 0 Å². The predicted molar refractivity (Wildman–Crippen MR) is 70.8 cm³/mol. The van der Waals surface area contributed by atoms with Crippen molar-refractivity contribution in [2.75, 3.05) is 0 Å². The molecular weight excluding hydrogens is 266 g/mol. The van der Waals surface area contributed by atoms with E-state index in [1.807, 2.05) is 18.2 Å². The largest absolute Gasteiger partial charge is 0.478 e. The van der Waals surface area contributed by atoms with Crippen molar-refractivity contribution in [2.24, 2.45) is 0 Å². The van der Waals surface area contributed by atoms with Gasteiger partial charge in [0.25, 0.3) is 0 Å². The summed E-state index contributed by atoms with van der Waals surface area (Å²) in [5, 5.41) is 14.4. The Morgan fingerprint density at radius 1 is 1.21 bits per heavy atom. The van der Waals surface area contributed by atoms with E-state index in [0.29, 0.717) is 21.6 Å². The molecule has 1 N–H and O–H groups in total. The summed E-state index contributed by atoms with van der Waals surface area (Å²) in [4.78, 5) is 15.1. The number of pyridine rings is 1. The van der Waals surface area contributed by atoms with Gasteiger partial charge in [-0.25, -0.2) is 9.48 Å². The Hall–Kier alpha value is -2.40. The van der Waals surface area contributed by atoms with Crippen molar-refractivity contribution in [3.8, 4) is 5.69 Å². The van der Waals surface area contributed by atoms with E-state index in [0.717, 1.165) is 0 Å². The molecule has 2 aromatic heterocycles. The summed E-state index contributed by atoms with van der Waals surface area (Å²) in [6.45, 7) is 0. The molecule has 0 amide bonds. The van der Waals surface area contributed by atoms with E-state index >= 15 is 0 Å². The fourth-order valence-electron chi connectivity index (χ4n) is 1.93. The van der Waals surface area contributed by atoms with Crippen LogP contribution in [0.2, 0.25) is 5.02 Å². The summed E-state index contributed by atoms with van der Waals surface area (Å²) in [5.74, 6) is -1.03. The third kappa shape index (κ3) is 1.84.